The fraction of sp³-hybridized carbons (Fsp3) is 0.706. The second-order valence-corrected chi connectivity index (χ2v) is 8.54. The molecule has 0 spiro atoms. The van der Waals surface area contributed by atoms with Gasteiger partial charge < -0.3 is 10.6 Å². The first-order chi connectivity index (χ1) is 11.3. The van der Waals surface area contributed by atoms with E-state index < -0.39 is 0 Å². The van der Waals surface area contributed by atoms with E-state index in [0.717, 1.165) is 30.8 Å². The highest BCUT2D eigenvalue weighted by Crippen LogP contribution is 2.28. The molecule has 2 atom stereocenters. The summed E-state index contributed by atoms with van der Waals surface area (Å²) in [5.74, 6) is 0.963. The standard InChI is InChI=1S/C17H28N4S2.HI/c1-18-17(20-14-3-4-15(11-14)22-2)19-7-9-21-8-5-16-13(12-21)6-10-23-16;/h6,10,14-15H,3-5,7-9,11-12H2,1-2H3,(H2,18,19,20);1H. The summed E-state index contributed by atoms with van der Waals surface area (Å²) in [6.07, 6.45) is 7.27. The van der Waals surface area contributed by atoms with Gasteiger partial charge in [0.2, 0.25) is 0 Å². The lowest BCUT2D eigenvalue weighted by Gasteiger charge is -2.27. The minimum absolute atomic E-state index is 0. The van der Waals surface area contributed by atoms with E-state index in [1.807, 2.05) is 30.1 Å². The van der Waals surface area contributed by atoms with Crippen molar-refractivity contribution in [2.75, 3.05) is 32.9 Å². The van der Waals surface area contributed by atoms with Gasteiger partial charge in [-0.25, -0.2) is 0 Å². The van der Waals surface area contributed by atoms with E-state index in [9.17, 15) is 0 Å². The molecule has 1 aliphatic heterocycles. The summed E-state index contributed by atoms with van der Waals surface area (Å²) in [5.41, 5.74) is 1.53. The Morgan fingerprint density at radius 3 is 3.08 bits per heavy atom. The number of nitrogens with zero attached hydrogens (tertiary/aromatic N) is 2. The van der Waals surface area contributed by atoms with Gasteiger partial charge in [-0.05, 0) is 48.9 Å². The summed E-state index contributed by atoms with van der Waals surface area (Å²) in [7, 11) is 1.87. The molecule has 4 nitrogen and oxygen atoms in total. The first kappa shape index (κ1) is 20.3. The van der Waals surface area contributed by atoms with Crippen LogP contribution in [0.4, 0.5) is 0 Å². The summed E-state index contributed by atoms with van der Waals surface area (Å²) in [5, 5.41) is 10.1. The number of thiophene rings is 1. The molecule has 1 saturated carbocycles. The van der Waals surface area contributed by atoms with Gasteiger partial charge in [0.05, 0.1) is 0 Å². The maximum atomic E-state index is 4.38. The Morgan fingerprint density at radius 2 is 2.33 bits per heavy atom. The molecule has 1 aliphatic carbocycles. The number of guanidine groups is 1. The molecule has 0 bridgehead atoms. The Hall–Kier alpha value is 0.01000. The monoisotopic (exact) mass is 480 g/mol. The molecule has 2 aliphatic rings. The minimum atomic E-state index is 0. The summed E-state index contributed by atoms with van der Waals surface area (Å²) >= 11 is 3.90. The van der Waals surface area contributed by atoms with Crippen molar-refractivity contribution in [1.82, 2.24) is 15.5 Å². The maximum Gasteiger partial charge on any atom is 0.191 e. The third-order valence-corrected chi connectivity index (χ3v) is 7.01. The normalized spacial score (nSPS) is 24.3. The molecule has 1 fully saturated rings. The molecule has 7 heteroatoms. The molecular weight excluding hydrogens is 451 g/mol. The number of hydrogen-bond donors (Lipinski definition) is 2. The van der Waals surface area contributed by atoms with E-state index in [1.54, 1.807) is 4.88 Å². The molecule has 2 heterocycles. The van der Waals surface area contributed by atoms with Crippen LogP contribution in [0.15, 0.2) is 16.4 Å². The summed E-state index contributed by atoms with van der Waals surface area (Å²) in [4.78, 5) is 8.50. The van der Waals surface area contributed by atoms with E-state index in [4.69, 9.17) is 0 Å². The van der Waals surface area contributed by atoms with Gasteiger partial charge in [0.15, 0.2) is 5.96 Å². The van der Waals surface area contributed by atoms with Crippen LogP contribution in [0.1, 0.15) is 29.7 Å². The lowest BCUT2D eigenvalue weighted by molar-refractivity contribution is 0.260. The van der Waals surface area contributed by atoms with Gasteiger partial charge in [0.25, 0.3) is 0 Å². The maximum absolute atomic E-state index is 4.38. The van der Waals surface area contributed by atoms with Crippen LogP contribution in [0, 0.1) is 0 Å². The van der Waals surface area contributed by atoms with Crippen molar-refractivity contribution in [3.63, 3.8) is 0 Å². The van der Waals surface area contributed by atoms with Crippen molar-refractivity contribution in [2.24, 2.45) is 4.99 Å². The predicted molar refractivity (Wildman–Crippen MR) is 118 cm³/mol. The van der Waals surface area contributed by atoms with Gasteiger partial charge in [0, 0.05) is 49.4 Å². The van der Waals surface area contributed by atoms with Crippen molar-refractivity contribution < 1.29 is 0 Å². The van der Waals surface area contributed by atoms with Gasteiger partial charge in [0.1, 0.15) is 0 Å². The van der Waals surface area contributed by atoms with Gasteiger partial charge in [-0.1, -0.05) is 0 Å². The van der Waals surface area contributed by atoms with Crippen LogP contribution < -0.4 is 10.6 Å². The van der Waals surface area contributed by atoms with Crippen LogP contribution in [-0.4, -0.2) is 55.1 Å². The number of thioether (sulfide) groups is 1. The number of fused-ring (bicyclic) bond motifs is 1. The fourth-order valence-electron chi connectivity index (χ4n) is 3.50. The average Bonchev–Trinajstić information content (AvgIpc) is 3.22. The molecule has 0 saturated heterocycles. The lowest BCUT2D eigenvalue weighted by atomic mass is 10.1. The molecule has 0 aromatic carbocycles. The van der Waals surface area contributed by atoms with Gasteiger partial charge in [-0.15, -0.1) is 35.3 Å². The summed E-state index contributed by atoms with van der Waals surface area (Å²) in [6, 6.07) is 2.87. The van der Waals surface area contributed by atoms with E-state index in [-0.39, 0.29) is 24.0 Å². The largest absolute Gasteiger partial charge is 0.355 e. The SMILES string of the molecule is CN=C(NCCN1CCc2sccc2C1)NC1CCC(SC)C1.I. The Morgan fingerprint density at radius 1 is 1.46 bits per heavy atom. The number of hydrogen-bond acceptors (Lipinski definition) is 4. The van der Waals surface area contributed by atoms with Crippen LogP contribution >= 0.6 is 47.1 Å². The predicted octanol–water partition coefficient (Wildman–Crippen LogP) is 3.17. The van der Waals surface area contributed by atoms with Crippen LogP contribution in [0.25, 0.3) is 0 Å². The van der Waals surface area contributed by atoms with Gasteiger partial charge >= 0.3 is 0 Å². The second-order valence-electron chi connectivity index (χ2n) is 6.41. The average molecular weight is 480 g/mol. The third kappa shape index (κ3) is 5.51. The number of aliphatic imine (C=N–C) groups is 1. The van der Waals surface area contributed by atoms with Crippen molar-refractivity contribution in [3.8, 4) is 0 Å². The molecule has 2 N–H and O–H groups in total. The van der Waals surface area contributed by atoms with Crippen molar-refractivity contribution in [2.45, 2.75) is 43.5 Å². The van der Waals surface area contributed by atoms with Crippen LogP contribution in [0.5, 0.6) is 0 Å². The smallest absolute Gasteiger partial charge is 0.191 e. The number of halogens is 1. The molecule has 1 aromatic rings. The summed E-state index contributed by atoms with van der Waals surface area (Å²) < 4.78 is 0. The zero-order chi connectivity index (χ0) is 16.1. The molecule has 3 rings (SSSR count). The summed E-state index contributed by atoms with van der Waals surface area (Å²) in [6.45, 7) is 4.32. The highest BCUT2D eigenvalue weighted by atomic mass is 127. The van der Waals surface area contributed by atoms with Gasteiger partial charge in [-0.2, -0.15) is 11.8 Å². The molecule has 136 valence electrons. The Balaban J connectivity index is 0.00000208. The quantitative estimate of drug-likeness (QED) is 0.386. The highest BCUT2D eigenvalue weighted by molar-refractivity contribution is 14.0. The topological polar surface area (TPSA) is 39.7 Å². The lowest BCUT2D eigenvalue weighted by Crippen LogP contribution is -2.45. The Kier molecular flexibility index (Phi) is 8.66. The van der Waals surface area contributed by atoms with Crippen LogP contribution in [0.2, 0.25) is 0 Å². The van der Waals surface area contributed by atoms with Crippen molar-refractivity contribution >= 4 is 53.0 Å². The van der Waals surface area contributed by atoms with E-state index in [1.165, 1.54) is 37.8 Å². The molecule has 0 amide bonds. The molecular formula is C17H29IN4S2. The van der Waals surface area contributed by atoms with E-state index >= 15 is 0 Å². The third-order valence-electron chi connectivity index (χ3n) is 4.89. The zero-order valence-corrected chi connectivity index (χ0v) is 18.5. The minimum Gasteiger partial charge on any atom is -0.355 e. The van der Waals surface area contributed by atoms with Gasteiger partial charge in [-0.3, -0.25) is 9.89 Å². The Bertz CT molecular complexity index is 534. The van der Waals surface area contributed by atoms with Crippen LogP contribution in [-0.2, 0) is 13.0 Å². The zero-order valence-electron chi connectivity index (χ0n) is 14.6. The Labute approximate surface area is 171 Å². The molecule has 1 aromatic heterocycles. The van der Waals surface area contributed by atoms with E-state index in [0.29, 0.717) is 6.04 Å². The first-order valence-corrected chi connectivity index (χ1v) is 10.7. The number of rotatable bonds is 5. The first-order valence-electron chi connectivity index (χ1n) is 8.56. The molecule has 2 unspecified atom stereocenters. The molecule has 24 heavy (non-hydrogen) atoms. The highest BCUT2D eigenvalue weighted by Gasteiger charge is 2.24. The van der Waals surface area contributed by atoms with E-state index in [2.05, 4.69) is 38.2 Å². The number of nitrogens with one attached hydrogen (secondary N) is 2. The fourth-order valence-corrected chi connectivity index (χ4v) is 5.19. The second kappa shape index (κ2) is 10.2. The molecule has 0 radical (unpaired) electrons. The van der Waals surface area contributed by atoms with Crippen molar-refractivity contribution in [1.29, 1.82) is 0 Å². The van der Waals surface area contributed by atoms with Crippen LogP contribution in [0.3, 0.4) is 0 Å². The van der Waals surface area contributed by atoms with Crippen molar-refractivity contribution in [3.05, 3.63) is 21.9 Å².